The van der Waals surface area contributed by atoms with Crippen LogP contribution >= 0.6 is 11.3 Å². The molecule has 4 heterocycles. The summed E-state index contributed by atoms with van der Waals surface area (Å²) in [5.74, 6) is 0.753. The normalized spacial score (nSPS) is 13.1. The average molecular weight is 805 g/mol. The van der Waals surface area contributed by atoms with Gasteiger partial charge in [-0.1, -0.05) is 12.1 Å². The first-order valence-electron chi connectivity index (χ1n) is 19.4. The van der Waals surface area contributed by atoms with Crippen molar-refractivity contribution in [1.82, 2.24) is 14.5 Å². The summed E-state index contributed by atoms with van der Waals surface area (Å²) in [5.41, 5.74) is 8.92. The fraction of sp³-hybridized carbons (Fsp3) is 0. The molecule has 5 heteroatoms. The zero-order valence-electron chi connectivity index (χ0n) is 30.8. The van der Waals surface area contributed by atoms with Gasteiger partial charge in [0.15, 0.2) is 0 Å². The Morgan fingerprint density at radius 2 is 1.05 bits per heavy atom. The Kier molecular flexibility index (Phi) is 7.28. The SMILES string of the molecule is c1ccc(-c2nc(-c3ccccc3-n3c4ccccc4c4cc5c(cc43)sc3ccccc35)c3[c](n2)[Ge]([c]2ccccc2)([c]2ccccc2)[c]2ccccc2-3)cc1. The fourth-order valence-electron chi connectivity index (χ4n) is 9.50. The van der Waals surface area contributed by atoms with Gasteiger partial charge in [0.1, 0.15) is 0 Å². The maximum absolute atomic E-state index is 5.74. The number of benzene rings is 8. The van der Waals surface area contributed by atoms with Crippen LogP contribution in [-0.2, 0) is 0 Å². The van der Waals surface area contributed by atoms with Gasteiger partial charge in [0.05, 0.1) is 0 Å². The van der Waals surface area contributed by atoms with E-state index in [4.69, 9.17) is 9.97 Å². The number of hydrogen-bond donors (Lipinski definition) is 0. The third-order valence-corrected chi connectivity index (χ3v) is 22.9. The second-order valence-corrected chi connectivity index (χ2v) is 23.6. The Labute approximate surface area is 336 Å². The molecule has 0 unspecified atom stereocenters. The predicted octanol–water partition coefficient (Wildman–Crippen LogP) is 10.6. The summed E-state index contributed by atoms with van der Waals surface area (Å²) in [6, 6.07) is 73.3. The van der Waals surface area contributed by atoms with Gasteiger partial charge in [-0.15, -0.1) is 0 Å². The molecule has 3 nitrogen and oxygen atoms in total. The van der Waals surface area contributed by atoms with Gasteiger partial charge in [-0.25, -0.2) is 0 Å². The molecule has 11 aromatic rings. The zero-order valence-corrected chi connectivity index (χ0v) is 33.7. The molecule has 0 amide bonds. The molecule has 0 N–H and O–H groups in total. The minimum absolute atomic E-state index is 0.753. The second-order valence-electron chi connectivity index (χ2n) is 14.8. The van der Waals surface area contributed by atoms with Crippen molar-refractivity contribution in [2.45, 2.75) is 0 Å². The Hall–Kier alpha value is -6.60. The quantitative estimate of drug-likeness (QED) is 0.162. The molecule has 8 aromatic carbocycles. The standard InChI is InChI=1S/C52H33GeN3S/c1-4-18-34(19-5-1)52-54-50(49-39-26-10-14-28-43(39)53(51(49)55-52,35-20-6-2-7-21-35)36-22-8-3-9-23-36)40-27-12-16-30-45(40)56-44-29-15-11-24-37(44)41-32-42-38-25-13-17-31-47(38)57-48(42)33-46(41)56/h1-33H. The van der Waals surface area contributed by atoms with E-state index < -0.39 is 13.3 Å². The summed E-state index contributed by atoms with van der Waals surface area (Å²) in [6.07, 6.45) is 0. The Morgan fingerprint density at radius 3 is 1.82 bits per heavy atom. The third-order valence-electron chi connectivity index (χ3n) is 11.9. The van der Waals surface area contributed by atoms with Crippen molar-refractivity contribution in [2.24, 2.45) is 0 Å². The van der Waals surface area contributed by atoms with Crippen molar-refractivity contribution in [1.29, 1.82) is 0 Å². The Bertz CT molecular complexity index is 3310. The number of hydrogen-bond acceptors (Lipinski definition) is 3. The van der Waals surface area contributed by atoms with Crippen LogP contribution in [0.1, 0.15) is 0 Å². The zero-order chi connectivity index (χ0) is 37.5. The van der Waals surface area contributed by atoms with Crippen molar-refractivity contribution in [3.63, 3.8) is 0 Å². The topological polar surface area (TPSA) is 30.7 Å². The molecule has 3 aromatic heterocycles. The second kappa shape index (κ2) is 12.7. The molecule has 0 atom stereocenters. The van der Waals surface area contributed by atoms with Crippen molar-refractivity contribution < 1.29 is 0 Å². The van der Waals surface area contributed by atoms with Gasteiger partial charge >= 0.3 is 326 Å². The predicted molar refractivity (Wildman–Crippen MR) is 243 cm³/mol. The number of thiophene rings is 1. The number of fused-ring (bicyclic) bond motifs is 9. The van der Waals surface area contributed by atoms with Crippen LogP contribution in [0.25, 0.3) is 81.4 Å². The van der Waals surface area contributed by atoms with E-state index in [1.807, 2.05) is 11.3 Å². The molecular formula is C52H33GeN3S. The number of aromatic nitrogens is 3. The van der Waals surface area contributed by atoms with E-state index in [0.717, 1.165) is 33.9 Å². The Balaban J connectivity index is 1.22. The van der Waals surface area contributed by atoms with Crippen LogP contribution in [0, 0.1) is 0 Å². The van der Waals surface area contributed by atoms with E-state index in [1.54, 1.807) is 0 Å². The average Bonchev–Trinajstić information content (AvgIpc) is 3.92. The first kappa shape index (κ1) is 32.6. The molecule has 0 spiro atoms. The summed E-state index contributed by atoms with van der Waals surface area (Å²) in [5, 5.41) is 5.11. The van der Waals surface area contributed by atoms with Crippen LogP contribution in [0.2, 0.25) is 0 Å². The van der Waals surface area contributed by atoms with Crippen LogP contribution < -0.4 is 17.7 Å². The van der Waals surface area contributed by atoms with Crippen LogP contribution in [0.5, 0.6) is 0 Å². The van der Waals surface area contributed by atoms with Crippen molar-refractivity contribution >= 4 is 84.3 Å². The van der Waals surface area contributed by atoms with Crippen LogP contribution in [0.15, 0.2) is 200 Å². The fourth-order valence-corrected chi connectivity index (χ4v) is 21.1. The van der Waals surface area contributed by atoms with E-state index in [1.165, 1.54) is 65.3 Å². The van der Waals surface area contributed by atoms with E-state index in [-0.39, 0.29) is 0 Å². The summed E-state index contributed by atoms with van der Waals surface area (Å²) >= 11 is -1.85. The molecule has 0 radical (unpaired) electrons. The molecule has 12 rings (SSSR count). The number of rotatable bonds is 5. The third kappa shape index (κ3) is 4.72. The maximum atomic E-state index is 5.74. The molecule has 0 fully saturated rings. The van der Waals surface area contributed by atoms with Gasteiger partial charge in [-0.05, 0) is 0 Å². The summed E-state index contributed by atoms with van der Waals surface area (Å²) < 4.78 is 10.4. The van der Waals surface area contributed by atoms with Crippen molar-refractivity contribution in [2.75, 3.05) is 0 Å². The molecule has 57 heavy (non-hydrogen) atoms. The minimum atomic E-state index is -3.72. The van der Waals surface area contributed by atoms with Gasteiger partial charge in [-0.3, -0.25) is 0 Å². The monoisotopic (exact) mass is 805 g/mol. The van der Waals surface area contributed by atoms with E-state index in [9.17, 15) is 0 Å². The van der Waals surface area contributed by atoms with Gasteiger partial charge in [0.25, 0.3) is 0 Å². The van der Waals surface area contributed by atoms with E-state index >= 15 is 0 Å². The molecule has 0 saturated carbocycles. The molecule has 0 aliphatic carbocycles. The van der Waals surface area contributed by atoms with Gasteiger partial charge in [-0.2, -0.15) is 0 Å². The molecular weight excluding hydrogens is 771 g/mol. The summed E-state index contributed by atoms with van der Waals surface area (Å²) in [4.78, 5) is 11.4. The first-order chi connectivity index (χ1) is 28.3. The van der Waals surface area contributed by atoms with E-state index in [2.05, 4.69) is 205 Å². The summed E-state index contributed by atoms with van der Waals surface area (Å²) in [7, 11) is 0. The van der Waals surface area contributed by atoms with E-state index in [0.29, 0.717) is 0 Å². The Morgan fingerprint density at radius 1 is 0.439 bits per heavy atom. The van der Waals surface area contributed by atoms with Crippen LogP contribution in [0.4, 0.5) is 0 Å². The summed E-state index contributed by atoms with van der Waals surface area (Å²) in [6.45, 7) is 0. The number of para-hydroxylation sites is 2. The van der Waals surface area contributed by atoms with Gasteiger partial charge in [0, 0.05) is 0 Å². The van der Waals surface area contributed by atoms with Crippen molar-refractivity contribution in [3.8, 4) is 39.5 Å². The van der Waals surface area contributed by atoms with Gasteiger partial charge < -0.3 is 0 Å². The molecule has 1 aliphatic heterocycles. The van der Waals surface area contributed by atoms with Gasteiger partial charge in [0.2, 0.25) is 0 Å². The number of nitrogens with zero attached hydrogens (tertiary/aromatic N) is 3. The molecule has 0 saturated heterocycles. The molecule has 266 valence electrons. The van der Waals surface area contributed by atoms with Crippen molar-refractivity contribution in [3.05, 3.63) is 200 Å². The van der Waals surface area contributed by atoms with Crippen LogP contribution in [0.3, 0.4) is 0 Å². The molecule has 0 bridgehead atoms. The van der Waals surface area contributed by atoms with Crippen LogP contribution in [-0.4, -0.2) is 27.8 Å². The first-order valence-corrected chi connectivity index (χ1v) is 24.4. The molecule has 1 aliphatic rings.